The van der Waals surface area contributed by atoms with Crippen molar-refractivity contribution in [2.24, 2.45) is 5.10 Å². The summed E-state index contributed by atoms with van der Waals surface area (Å²) in [6.45, 7) is 1.47. The lowest BCUT2D eigenvalue weighted by molar-refractivity contribution is -0.135. The number of hydrogen-bond donors (Lipinski definition) is 0. The zero-order valence-electron chi connectivity index (χ0n) is 16.0. The maximum atomic E-state index is 12.4. The number of pyridine rings is 1. The molecule has 0 bridgehead atoms. The first-order valence-corrected chi connectivity index (χ1v) is 10.2. The highest BCUT2D eigenvalue weighted by Crippen LogP contribution is 2.37. The van der Waals surface area contributed by atoms with Crippen LogP contribution in [0.2, 0.25) is 0 Å². The van der Waals surface area contributed by atoms with Crippen LogP contribution in [0.5, 0.6) is 0 Å². The topological polar surface area (TPSA) is 72.6 Å². The highest BCUT2D eigenvalue weighted by molar-refractivity contribution is 7.13. The molecular formula is C22H17N5O2S. The lowest BCUT2D eigenvalue weighted by atomic mass is 10.2. The highest BCUT2D eigenvalue weighted by atomic mass is 32.1. The maximum absolute atomic E-state index is 12.4. The standard InChI is InChI=1S/C22H17N5O2S/c1-15(28)27-22(29-21(25-27)16-9-11-23-12-10-16)18-14-26(17-6-3-2-4-7-17)24-20(18)19-8-5-13-30-19/h2-14,22H,1H3/t22-/m0/s1. The number of para-hydroxylation sites is 1. The Morgan fingerprint density at radius 2 is 1.87 bits per heavy atom. The average Bonchev–Trinajstić information content (AvgIpc) is 3.53. The molecule has 0 fully saturated rings. The maximum Gasteiger partial charge on any atom is 0.243 e. The van der Waals surface area contributed by atoms with Gasteiger partial charge in [-0.3, -0.25) is 9.78 Å². The number of nitrogens with zero attached hydrogens (tertiary/aromatic N) is 5. The first-order chi connectivity index (χ1) is 14.7. The van der Waals surface area contributed by atoms with Crippen LogP contribution < -0.4 is 0 Å². The number of benzene rings is 1. The molecule has 1 atom stereocenters. The lowest BCUT2D eigenvalue weighted by Gasteiger charge is -2.18. The van der Waals surface area contributed by atoms with Crippen molar-refractivity contribution >= 4 is 23.1 Å². The molecule has 0 aliphatic carbocycles. The number of thiophene rings is 1. The van der Waals surface area contributed by atoms with Crippen molar-refractivity contribution in [1.29, 1.82) is 0 Å². The first-order valence-electron chi connectivity index (χ1n) is 9.35. The number of hydrogen-bond acceptors (Lipinski definition) is 6. The van der Waals surface area contributed by atoms with Gasteiger partial charge >= 0.3 is 0 Å². The van der Waals surface area contributed by atoms with Crippen molar-refractivity contribution in [2.45, 2.75) is 13.2 Å². The van der Waals surface area contributed by atoms with Gasteiger partial charge in [0, 0.05) is 31.1 Å². The summed E-state index contributed by atoms with van der Waals surface area (Å²) in [4.78, 5) is 17.4. The van der Waals surface area contributed by atoms with E-state index < -0.39 is 6.23 Å². The van der Waals surface area contributed by atoms with E-state index in [2.05, 4.69) is 10.1 Å². The van der Waals surface area contributed by atoms with Crippen LogP contribution in [0.15, 0.2) is 83.7 Å². The smallest absolute Gasteiger partial charge is 0.243 e. The zero-order valence-corrected chi connectivity index (χ0v) is 16.9. The van der Waals surface area contributed by atoms with Crippen LogP contribution in [0.4, 0.5) is 0 Å². The minimum atomic E-state index is -0.708. The highest BCUT2D eigenvalue weighted by Gasteiger charge is 2.36. The molecule has 8 heteroatoms. The molecule has 7 nitrogen and oxygen atoms in total. The normalized spacial score (nSPS) is 15.7. The Balaban J connectivity index is 1.60. The molecule has 1 amide bonds. The van der Waals surface area contributed by atoms with Crippen molar-refractivity contribution in [3.05, 3.63) is 89.7 Å². The van der Waals surface area contributed by atoms with Crippen molar-refractivity contribution in [3.8, 4) is 16.3 Å². The third-order valence-corrected chi connectivity index (χ3v) is 5.55. The summed E-state index contributed by atoms with van der Waals surface area (Å²) in [5, 5.41) is 12.6. The summed E-state index contributed by atoms with van der Waals surface area (Å²) < 4.78 is 7.98. The lowest BCUT2D eigenvalue weighted by Crippen LogP contribution is -2.25. The molecule has 5 rings (SSSR count). The Kier molecular flexibility index (Phi) is 4.61. The Labute approximate surface area is 176 Å². The molecule has 30 heavy (non-hydrogen) atoms. The second-order valence-electron chi connectivity index (χ2n) is 6.67. The third-order valence-electron chi connectivity index (χ3n) is 4.68. The minimum Gasteiger partial charge on any atom is -0.446 e. The Hall–Kier alpha value is -3.78. The largest absolute Gasteiger partial charge is 0.446 e. The van der Waals surface area contributed by atoms with Gasteiger partial charge in [-0.2, -0.15) is 10.1 Å². The molecule has 4 heterocycles. The average molecular weight is 415 g/mol. The predicted octanol–water partition coefficient (Wildman–Crippen LogP) is 4.23. The summed E-state index contributed by atoms with van der Waals surface area (Å²) in [7, 11) is 0. The fraction of sp³-hybridized carbons (Fsp3) is 0.0909. The van der Waals surface area contributed by atoms with Gasteiger partial charge in [0.1, 0.15) is 5.69 Å². The first kappa shape index (κ1) is 18.3. The van der Waals surface area contributed by atoms with Gasteiger partial charge in [-0.1, -0.05) is 24.3 Å². The second kappa shape index (κ2) is 7.57. The van der Waals surface area contributed by atoms with E-state index in [1.807, 2.05) is 54.0 Å². The van der Waals surface area contributed by atoms with Crippen molar-refractivity contribution < 1.29 is 9.53 Å². The second-order valence-corrected chi connectivity index (χ2v) is 7.61. The molecule has 0 saturated heterocycles. The van der Waals surface area contributed by atoms with E-state index in [1.54, 1.807) is 40.5 Å². The Morgan fingerprint density at radius 3 is 2.57 bits per heavy atom. The Bertz CT molecular complexity index is 1200. The van der Waals surface area contributed by atoms with Crippen molar-refractivity contribution in [3.63, 3.8) is 0 Å². The molecule has 4 aromatic rings. The molecule has 0 spiro atoms. The molecule has 0 saturated carbocycles. The van der Waals surface area contributed by atoms with Gasteiger partial charge in [-0.25, -0.2) is 4.68 Å². The molecule has 0 radical (unpaired) electrons. The van der Waals surface area contributed by atoms with Crippen LogP contribution in [0.1, 0.15) is 24.3 Å². The molecule has 0 N–H and O–H groups in total. The van der Waals surface area contributed by atoms with Crippen LogP contribution >= 0.6 is 11.3 Å². The molecule has 0 unspecified atom stereocenters. The van der Waals surface area contributed by atoms with E-state index in [0.29, 0.717) is 5.90 Å². The summed E-state index contributed by atoms with van der Waals surface area (Å²) >= 11 is 1.58. The molecular weight excluding hydrogens is 398 g/mol. The summed E-state index contributed by atoms with van der Waals surface area (Å²) in [5.74, 6) is 0.163. The van der Waals surface area contributed by atoms with E-state index in [0.717, 1.165) is 27.4 Å². The monoisotopic (exact) mass is 415 g/mol. The summed E-state index contributed by atoms with van der Waals surface area (Å²) in [5.41, 5.74) is 3.21. The number of rotatable bonds is 4. The van der Waals surface area contributed by atoms with Crippen LogP contribution in [-0.4, -0.2) is 31.6 Å². The molecule has 1 aliphatic rings. The predicted molar refractivity (Wildman–Crippen MR) is 114 cm³/mol. The van der Waals surface area contributed by atoms with Crippen molar-refractivity contribution in [1.82, 2.24) is 19.8 Å². The number of aromatic nitrogens is 3. The van der Waals surface area contributed by atoms with Gasteiger partial charge in [-0.05, 0) is 35.7 Å². The van der Waals surface area contributed by atoms with Crippen LogP contribution in [0.3, 0.4) is 0 Å². The zero-order chi connectivity index (χ0) is 20.5. The SMILES string of the molecule is CC(=O)N1N=C(c2ccncc2)O[C@H]1c1cn(-c2ccccc2)nc1-c1cccs1. The van der Waals surface area contributed by atoms with E-state index in [1.165, 1.54) is 11.9 Å². The fourth-order valence-corrected chi connectivity index (χ4v) is 4.00. The molecule has 1 aliphatic heterocycles. The molecule has 1 aromatic carbocycles. The van der Waals surface area contributed by atoms with Gasteiger partial charge in [-0.15, -0.1) is 16.4 Å². The minimum absolute atomic E-state index is 0.214. The fourth-order valence-electron chi connectivity index (χ4n) is 3.27. The number of ether oxygens (including phenoxy) is 1. The van der Waals surface area contributed by atoms with E-state index in [4.69, 9.17) is 9.84 Å². The van der Waals surface area contributed by atoms with Crippen LogP contribution in [0, 0.1) is 0 Å². The number of carbonyl (C=O) groups is 1. The number of hydrazone groups is 1. The summed E-state index contributed by atoms with van der Waals surface area (Å²) in [6.07, 6.45) is 4.52. The molecule has 3 aromatic heterocycles. The van der Waals surface area contributed by atoms with E-state index >= 15 is 0 Å². The van der Waals surface area contributed by atoms with Gasteiger partial charge < -0.3 is 4.74 Å². The van der Waals surface area contributed by atoms with Crippen LogP contribution in [0.25, 0.3) is 16.3 Å². The Morgan fingerprint density at radius 1 is 1.07 bits per heavy atom. The number of amides is 1. The third kappa shape index (κ3) is 3.27. The van der Waals surface area contributed by atoms with Gasteiger partial charge in [0.25, 0.3) is 0 Å². The van der Waals surface area contributed by atoms with Gasteiger partial charge in [0.15, 0.2) is 0 Å². The molecule has 148 valence electrons. The van der Waals surface area contributed by atoms with Gasteiger partial charge in [0.05, 0.1) is 16.1 Å². The number of carbonyl (C=O) groups excluding carboxylic acids is 1. The van der Waals surface area contributed by atoms with Crippen molar-refractivity contribution in [2.75, 3.05) is 0 Å². The van der Waals surface area contributed by atoms with E-state index in [-0.39, 0.29) is 5.91 Å². The van der Waals surface area contributed by atoms with E-state index in [9.17, 15) is 4.79 Å². The summed E-state index contributed by atoms with van der Waals surface area (Å²) in [6, 6.07) is 17.4. The quantitative estimate of drug-likeness (QED) is 0.500. The van der Waals surface area contributed by atoms with Crippen LogP contribution in [-0.2, 0) is 9.53 Å². The van der Waals surface area contributed by atoms with Gasteiger partial charge in [0.2, 0.25) is 18.0 Å².